The zero-order chi connectivity index (χ0) is 28.2. The molecule has 3 aromatic carbocycles. The van der Waals surface area contributed by atoms with Crippen LogP contribution < -0.4 is 19.1 Å². The number of hydrogen-bond donors (Lipinski definition) is 1. The van der Waals surface area contributed by atoms with Crippen LogP contribution in [0.1, 0.15) is 36.7 Å². The van der Waals surface area contributed by atoms with E-state index in [1.54, 1.807) is 25.3 Å². The van der Waals surface area contributed by atoms with E-state index in [-0.39, 0.29) is 36.3 Å². The van der Waals surface area contributed by atoms with E-state index in [4.69, 9.17) is 18.9 Å². The Labute approximate surface area is 229 Å². The third kappa shape index (κ3) is 7.08. The van der Waals surface area contributed by atoms with Gasteiger partial charge in [0.05, 0.1) is 30.7 Å². The number of carbonyl (C=O) groups excluding carboxylic acids is 1. The minimum Gasteiger partial charge on any atom is -0.472 e. The van der Waals surface area contributed by atoms with Crippen molar-refractivity contribution in [2.75, 3.05) is 49.7 Å². The van der Waals surface area contributed by atoms with Crippen LogP contribution in [0.4, 0.5) is 11.4 Å². The largest absolute Gasteiger partial charge is 0.472 e. The molecule has 3 aromatic rings. The molecule has 39 heavy (non-hydrogen) atoms. The zero-order valence-electron chi connectivity index (χ0n) is 22.8. The highest BCUT2D eigenvalue weighted by molar-refractivity contribution is 7.92. The van der Waals surface area contributed by atoms with Gasteiger partial charge >= 0.3 is 0 Å². The van der Waals surface area contributed by atoms with Crippen molar-refractivity contribution in [3.8, 4) is 22.6 Å². The molecule has 0 bridgehead atoms. The van der Waals surface area contributed by atoms with Crippen LogP contribution in [0.2, 0.25) is 0 Å². The van der Waals surface area contributed by atoms with Crippen molar-refractivity contribution >= 4 is 27.3 Å². The molecule has 4 rings (SSSR count). The molecule has 1 aliphatic heterocycles. The fourth-order valence-corrected chi connectivity index (χ4v) is 4.65. The van der Waals surface area contributed by atoms with Gasteiger partial charge in [0.25, 0.3) is 5.91 Å². The Kier molecular flexibility index (Phi) is 8.48. The maximum Gasteiger partial charge on any atom is 0.264 e. The standard InChI is InChI=1S/C29H34N2O7S/c1-29(2,3)22-9-6-20(7-10-22)21-8-12-24-27(16-21)37-18-31(28(24)32)23-11-13-26(38-19-36-15-14-35-4)25(17-23)30-39(5,33)34/h6-13,16-17,30H,14-15,18-19H2,1-5H3. The van der Waals surface area contributed by atoms with E-state index in [1.165, 1.54) is 16.5 Å². The van der Waals surface area contributed by atoms with E-state index in [0.29, 0.717) is 30.2 Å². The molecule has 1 heterocycles. The number of carbonyl (C=O) groups is 1. The predicted molar refractivity (Wildman–Crippen MR) is 151 cm³/mol. The molecular weight excluding hydrogens is 520 g/mol. The number of rotatable bonds is 10. The number of amides is 1. The molecule has 10 heteroatoms. The average Bonchev–Trinajstić information content (AvgIpc) is 2.88. The summed E-state index contributed by atoms with van der Waals surface area (Å²) < 4.78 is 48.2. The van der Waals surface area contributed by atoms with Gasteiger partial charge in [-0.05, 0) is 52.4 Å². The number of nitrogens with one attached hydrogen (secondary N) is 1. The summed E-state index contributed by atoms with van der Waals surface area (Å²) >= 11 is 0. The van der Waals surface area contributed by atoms with Gasteiger partial charge in [-0.2, -0.15) is 0 Å². The van der Waals surface area contributed by atoms with E-state index >= 15 is 0 Å². The normalized spacial score (nSPS) is 13.6. The SMILES string of the molecule is COCCOCOc1ccc(N2COc3cc(-c4ccc(C(C)(C)C)cc4)ccc3C2=O)cc1NS(C)(=O)=O. The molecule has 0 aliphatic carbocycles. The third-order valence-corrected chi connectivity index (χ3v) is 6.78. The van der Waals surface area contributed by atoms with Crippen LogP contribution in [0.3, 0.4) is 0 Å². The molecule has 0 spiro atoms. The Morgan fingerprint density at radius 3 is 2.36 bits per heavy atom. The molecule has 1 amide bonds. The Balaban J connectivity index is 1.55. The Morgan fingerprint density at radius 2 is 1.69 bits per heavy atom. The second-order valence-corrected chi connectivity index (χ2v) is 12.0. The molecule has 0 radical (unpaired) electrons. The quantitative estimate of drug-likeness (QED) is 0.277. The third-order valence-electron chi connectivity index (χ3n) is 6.19. The molecular formula is C29H34N2O7S. The molecule has 208 valence electrons. The van der Waals surface area contributed by atoms with E-state index < -0.39 is 10.0 Å². The summed E-state index contributed by atoms with van der Waals surface area (Å²) in [6.45, 7) is 7.12. The molecule has 0 unspecified atom stereocenters. The van der Waals surface area contributed by atoms with Crippen molar-refractivity contribution in [3.05, 3.63) is 71.8 Å². The molecule has 0 saturated heterocycles. The van der Waals surface area contributed by atoms with Crippen LogP contribution in [0.15, 0.2) is 60.7 Å². The summed E-state index contributed by atoms with van der Waals surface area (Å²) in [6.07, 6.45) is 1.04. The number of fused-ring (bicyclic) bond motifs is 1. The monoisotopic (exact) mass is 554 g/mol. The first-order valence-electron chi connectivity index (χ1n) is 12.5. The van der Waals surface area contributed by atoms with Gasteiger partial charge in [-0.1, -0.05) is 51.1 Å². The Bertz CT molecular complexity index is 1430. The molecule has 1 N–H and O–H groups in total. The first kappa shape index (κ1) is 28.4. The molecule has 1 aliphatic rings. The molecule has 0 fully saturated rings. The lowest BCUT2D eigenvalue weighted by Crippen LogP contribution is -2.38. The second-order valence-electron chi connectivity index (χ2n) is 10.3. The summed E-state index contributed by atoms with van der Waals surface area (Å²) in [5.74, 6) is 0.499. The van der Waals surface area contributed by atoms with Gasteiger partial charge in [0.1, 0.15) is 11.5 Å². The Morgan fingerprint density at radius 1 is 0.974 bits per heavy atom. The minimum atomic E-state index is -3.62. The summed E-state index contributed by atoms with van der Waals surface area (Å²) in [7, 11) is -2.06. The number of hydrogen-bond acceptors (Lipinski definition) is 7. The van der Waals surface area contributed by atoms with E-state index in [1.807, 2.05) is 12.1 Å². The highest BCUT2D eigenvalue weighted by Gasteiger charge is 2.28. The smallest absolute Gasteiger partial charge is 0.264 e. The van der Waals surface area contributed by atoms with Crippen molar-refractivity contribution in [3.63, 3.8) is 0 Å². The summed E-state index contributed by atoms with van der Waals surface area (Å²) in [4.78, 5) is 14.9. The first-order valence-corrected chi connectivity index (χ1v) is 14.4. The van der Waals surface area contributed by atoms with Crippen LogP contribution in [-0.4, -0.2) is 54.4 Å². The highest BCUT2D eigenvalue weighted by atomic mass is 32.2. The molecule has 9 nitrogen and oxygen atoms in total. The number of ether oxygens (including phenoxy) is 4. The topological polar surface area (TPSA) is 103 Å². The first-order chi connectivity index (χ1) is 18.5. The predicted octanol–water partition coefficient (Wildman–Crippen LogP) is 5.02. The van der Waals surface area contributed by atoms with Crippen molar-refractivity contribution in [2.45, 2.75) is 26.2 Å². The molecule has 0 aromatic heterocycles. The van der Waals surface area contributed by atoms with Crippen molar-refractivity contribution in [1.82, 2.24) is 0 Å². The zero-order valence-corrected chi connectivity index (χ0v) is 23.6. The van der Waals surface area contributed by atoms with Gasteiger partial charge in [-0.25, -0.2) is 8.42 Å². The van der Waals surface area contributed by atoms with Gasteiger partial charge in [0.2, 0.25) is 10.0 Å². The van der Waals surface area contributed by atoms with Crippen LogP contribution in [-0.2, 0) is 24.9 Å². The average molecular weight is 555 g/mol. The summed E-state index contributed by atoms with van der Waals surface area (Å²) in [5, 5.41) is 0. The van der Waals surface area contributed by atoms with E-state index in [0.717, 1.165) is 17.4 Å². The van der Waals surface area contributed by atoms with Crippen molar-refractivity contribution in [1.29, 1.82) is 0 Å². The summed E-state index contributed by atoms with van der Waals surface area (Å²) in [6, 6.07) is 18.7. The lowest BCUT2D eigenvalue weighted by atomic mass is 9.86. The van der Waals surface area contributed by atoms with Gasteiger partial charge in [0.15, 0.2) is 13.5 Å². The number of sulfonamides is 1. The lowest BCUT2D eigenvalue weighted by molar-refractivity contribution is -0.00814. The van der Waals surface area contributed by atoms with E-state index in [2.05, 4.69) is 49.8 Å². The maximum absolute atomic E-state index is 13.4. The van der Waals surface area contributed by atoms with Gasteiger partial charge in [0, 0.05) is 12.8 Å². The van der Waals surface area contributed by atoms with Crippen LogP contribution >= 0.6 is 0 Å². The highest BCUT2D eigenvalue weighted by Crippen LogP contribution is 2.36. The van der Waals surface area contributed by atoms with Crippen molar-refractivity contribution < 1.29 is 32.2 Å². The fraction of sp³-hybridized carbons (Fsp3) is 0.345. The minimum absolute atomic E-state index is 0.0309. The van der Waals surface area contributed by atoms with E-state index in [9.17, 15) is 13.2 Å². The maximum atomic E-state index is 13.4. The number of anilines is 2. The fourth-order valence-electron chi connectivity index (χ4n) is 4.09. The van der Waals surface area contributed by atoms with Crippen molar-refractivity contribution in [2.24, 2.45) is 0 Å². The van der Waals surface area contributed by atoms with Gasteiger partial charge < -0.3 is 18.9 Å². The lowest BCUT2D eigenvalue weighted by Gasteiger charge is -2.29. The second kappa shape index (κ2) is 11.6. The number of methoxy groups -OCH3 is 1. The van der Waals surface area contributed by atoms with Crippen LogP contribution in [0, 0.1) is 0 Å². The molecule has 0 saturated carbocycles. The van der Waals surface area contributed by atoms with Crippen LogP contribution in [0.25, 0.3) is 11.1 Å². The van der Waals surface area contributed by atoms with Crippen LogP contribution in [0.5, 0.6) is 11.5 Å². The number of benzene rings is 3. The molecule has 0 atom stereocenters. The summed E-state index contributed by atoms with van der Waals surface area (Å²) in [5.41, 5.74) is 4.33. The van der Waals surface area contributed by atoms with Gasteiger partial charge in [-0.3, -0.25) is 14.4 Å². The van der Waals surface area contributed by atoms with Gasteiger partial charge in [-0.15, -0.1) is 0 Å². The number of nitrogens with zero attached hydrogens (tertiary/aromatic N) is 1. The Hall–Kier alpha value is -3.60.